The molecule has 150 valence electrons. The van der Waals surface area contributed by atoms with Crippen molar-refractivity contribution in [3.63, 3.8) is 0 Å². The van der Waals surface area contributed by atoms with Crippen molar-refractivity contribution in [2.24, 2.45) is 5.92 Å². The molecule has 1 aromatic heterocycles. The maximum atomic E-state index is 12.3. The largest absolute Gasteiger partial charge is 0.481 e. The minimum Gasteiger partial charge on any atom is -0.481 e. The van der Waals surface area contributed by atoms with Crippen molar-refractivity contribution < 1.29 is 23.8 Å². The molecule has 0 radical (unpaired) electrons. The van der Waals surface area contributed by atoms with Gasteiger partial charge in [0.25, 0.3) is 5.91 Å². The van der Waals surface area contributed by atoms with Gasteiger partial charge in [-0.3, -0.25) is 4.79 Å². The monoisotopic (exact) mass is 387 g/mol. The van der Waals surface area contributed by atoms with E-state index in [2.05, 4.69) is 5.32 Å². The number of rotatable bonds is 6. The number of aliphatic carboxylic acids is 1. The first-order valence-electron chi connectivity index (χ1n) is 9.56. The number of aryl methyl sites for hydroxylation is 1. The van der Waals surface area contributed by atoms with Crippen LogP contribution in [-0.4, -0.2) is 29.1 Å². The maximum absolute atomic E-state index is 12.3. The van der Waals surface area contributed by atoms with Gasteiger partial charge in [-0.1, -0.05) is 13.8 Å². The molecule has 0 bridgehead atoms. The van der Waals surface area contributed by atoms with E-state index in [1.165, 1.54) is 0 Å². The van der Waals surface area contributed by atoms with Crippen molar-refractivity contribution in [2.45, 2.75) is 58.6 Å². The molecule has 7 heteroatoms. The topological polar surface area (TPSA) is 106 Å². The van der Waals surface area contributed by atoms with Crippen molar-refractivity contribution in [2.75, 3.05) is 0 Å². The summed E-state index contributed by atoms with van der Waals surface area (Å²) in [5, 5.41) is 12.6. The fourth-order valence-electron chi connectivity index (χ4n) is 3.54. The molecular weight excluding hydrogens is 362 g/mol. The SMILES string of the molecule is CC(Oc1ccc2c3c(c(=O)oc2c1)CCCC3)C(=O)N[C@@H](C(=O)O)C(C)C. The van der Waals surface area contributed by atoms with Crippen molar-refractivity contribution in [3.8, 4) is 5.75 Å². The van der Waals surface area contributed by atoms with Crippen LogP contribution in [0.25, 0.3) is 11.0 Å². The van der Waals surface area contributed by atoms with Crippen LogP contribution in [0.15, 0.2) is 27.4 Å². The molecule has 0 saturated carbocycles. The van der Waals surface area contributed by atoms with Crippen molar-refractivity contribution in [1.29, 1.82) is 0 Å². The summed E-state index contributed by atoms with van der Waals surface area (Å²) >= 11 is 0. The van der Waals surface area contributed by atoms with Gasteiger partial charge < -0.3 is 19.6 Å². The third-order valence-electron chi connectivity index (χ3n) is 5.11. The van der Waals surface area contributed by atoms with Crippen LogP contribution >= 0.6 is 0 Å². The van der Waals surface area contributed by atoms with E-state index in [1.54, 1.807) is 32.9 Å². The van der Waals surface area contributed by atoms with Gasteiger partial charge in [0.15, 0.2) is 6.10 Å². The van der Waals surface area contributed by atoms with E-state index in [0.29, 0.717) is 11.3 Å². The first-order valence-corrected chi connectivity index (χ1v) is 9.56. The molecule has 0 spiro atoms. The predicted octanol–water partition coefficient (Wildman–Crippen LogP) is 2.66. The second-order valence-electron chi connectivity index (χ2n) is 7.54. The molecule has 2 atom stereocenters. The van der Waals surface area contributed by atoms with E-state index in [4.69, 9.17) is 9.15 Å². The molecule has 1 heterocycles. The molecule has 1 aliphatic rings. The summed E-state index contributed by atoms with van der Waals surface area (Å²) in [7, 11) is 0. The summed E-state index contributed by atoms with van der Waals surface area (Å²) in [6.45, 7) is 4.98. The molecule has 2 aromatic rings. The smallest absolute Gasteiger partial charge is 0.339 e. The quantitative estimate of drug-likeness (QED) is 0.738. The molecule has 0 fully saturated rings. The summed E-state index contributed by atoms with van der Waals surface area (Å²) in [5.41, 5.74) is 1.91. The molecule has 2 N–H and O–H groups in total. The first-order chi connectivity index (χ1) is 13.3. The fraction of sp³-hybridized carbons (Fsp3) is 0.476. The number of fused-ring (bicyclic) bond motifs is 3. The van der Waals surface area contributed by atoms with Gasteiger partial charge in [0.2, 0.25) is 0 Å². The Hall–Kier alpha value is -2.83. The number of amides is 1. The summed E-state index contributed by atoms with van der Waals surface area (Å²) < 4.78 is 11.1. The van der Waals surface area contributed by atoms with Crippen LogP contribution in [0.3, 0.4) is 0 Å². The van der Waals surface area contributed by atoms with Gasteiger partial charge in [-0.25, -0.2) is 9.59 Å². The van der Waals surface area contributed by atoms with Gasteiger partial charge in [0.05, 0.1) is 0 Å². The number of carbonyl (C=O) groups is 2. The van der Waals surface area contributed by atoms with Crippen LogP contribution in [0.4, 0.5) is 0 Å². The lowest BCUT2D eigenvalue weighted by atomic mass is 9.91. The van der Waals surface area contributed by atoms with Crippen LogP contribution in [0.1, 0.15) is 44.7 Å². The van der Waals surface area contributed by atoms with Crippen LogP contribution in [0, 0.1) is 5.92 Å². The molecule has 1 aromatic carbocycles. The predicted molar refractivity (Wildman–Crippen MR) is 104 cm³/mol. The first kappa shape index (κ1) is 19.9. The van der Waals surface area contributed by atoms with E-state index < -0.39 is 24.0 Å². The highest BCUT2D eigenvalue weighted by Crippen LogP contribution is 2.29. The summed E-state index contributed by atoms with van der Waals surface area (Å²) in [4.78, 5) is 35.8. The lowest BCUT2D eigenvalue weighted by molar-refractivity contribution is -0.144. The standard InChI is InChI=1S/C21H25NO6/c1-11(2)18(20(24)25)22-19(23)12(3)27-13-8-9-15-14-6-4-5-7-16(14)21(26)28-17(15)10-13/h8-12,18H,4-7H2,1-3H3,(H,22,23)(H,24,25)/t12?,18-/m1/s1. The highest BCUT2D eigenvalue weighted by molar-refractivity contribution is 5.87. The van der Waals surface area contributed by atoms with Gasteiger partial charge in [0, 0.05) is 17.0 Å². The van der Waals surface area contributed by atoms with Gasteiger partial charge in [-0.15, -0.1) is 0 Å². The molecule has 1 unspecified atom stereocenters. The molecule has 0 saturated heterocycles. The number of nitrogens with one attached hydrogen (secondary N) is 1. The number of ether oxygens (including phenoxy) is 1. The van der Waals surface area contributed by atoms with E-state index in [0.717, 1.165) is 42.2 Å². The molecular formula is C21H25NO6. The molecule has 7 nitrogen and oxygen atoms in total. The Kier molecular flexibility index (Phi) is 5.72. The van der Waals surface area contributed by atoms with Crippen molar-refractivity contribution in [1.82, 2.24) is 5.32 Å². The lowest BCUT2D eigenvalue weighted by Gasteiger charge is -2.21. The van der Waals surface area contributed by atoms with E-state index >= 15 is 0 Å². The lowest BCUT2D eigenvalue weighted by Crippen LogP contribution is -2.48. The van der Waals surface area contributed by atoms with Crippen LogP contribution in [-0.2, 0) is 22.4 Å². The number of benzene rings is 1. The van der Waals surface area contributed by atoms with Gasteiger partial charge in [-0.2, -0.15) is 0 Å². The second-order valence-corrected chi connectivity index (χ2v) is 7.54. The van der Waals surface area contributed by atoms with Crippen LogP contribution in [0.5, 0.6) is 5.75 Å². The fourth-order valence-corrected chi connectivity index (χ4v) is 3.54. The molecule has 1 amide bonds. The Bertz CT molecular complexity index is 961. The number of hydrogen-bond acceptors (Lipinski definition) is 5. The maximum Gasteiger partial charge on any atom is 0.339 e. The zero-order valence-corrected chi connectivity index (χ0v) is 16.3. The number of carboxylic acid groups (broad SMARTS) is 1. The minimum atomic E-state index is -1.09. The van der Waals surface area contributed by atoms with Gasteiger partial charge >= 0.3 is 11.6 Å². The summed E-state index contributed by atoms with van der Waals surface area (Å²) in [6.07, 6.45) is 2.72. The highest BCUT2D eigenvalue weighted by Gasteiger charge is 2.26. The number of hydrogen-bond donors (Lipinski definition) is 2. The number of carboxylic acids is 1. The van der Waals surface area contributed by atoms with Crippen LogP contribution in [0.2, 0.25) is 0 Å². The Labute approximate surface area is 162 Å². The zero-order valence-electron chi connectivity index (χ0n) is 16.3. The van der Waals surface area contributed by atoms with Crippen LogP contribution < -0.4 is 15.7 Å². The normalized spacial score (nSPS) is 15.7. The Balaban J connectivity index is 1.80. The third-order valence-corrected chi connectivity index (χ3v) is 5.11. The third kappa shape index (κ3) is 4.03. The minimum absolute atomic E-state index is 0.255. The average molecular weight is 387 g/mol. The highest BCUT2D eigenvalue weighted by atomic mass is 16.5. The zero-order chi connectivity index (χ0) is 20.4. The molecule has 3 rings (SSSR count). The molecule has 1 aliphatic carbocycles. The molecule has 28 heavy (non-hydrogen) atoms. The average Bonchev–Trinajstić information content (AvgIpc) is 2.65. The summed E-state index contributed by atoms with van der Waals surface area (Å²) in [5.74, 6) is -1.49. The van der Waals surface area contributed by atoms with Crippen molar-refractivity contribution in [3.05, 3.63) is 39.7 Å². The Morgan fingerprint density at radius 2 is 1.82 bits per heavy atom. The Morgan fingerprint density at radius 3 is 2.46 bits per heavy atom. The van der Waals surface area contributed by atoms with Gasteiger partial charge in [0.1, 0.15) is 17.4 Å². The van der Waals surface area contributed by atoms with Gasteiger partial charge in [-0.05, 0) is 56.2 Å². The van der Waals surface area contributed by atoms with E-state index in [-0.39, 0.29) is 11.5 Å². The Morgan fingerprint density at radius 1 is 1.14 bits per heavy atom. The summed E-state index contributed by atoms with van der Waals surface area (Å²) in [6, 6.07) is 4.20. The second kappa shape index (κ2) is 8.04. The van der Waals surface area contributed by atoms with E-state index in [9.17, 15) is 19.5 Å². The number of carbonyl (C=O) groups excluding carboxylic acids is 1. The van der Waals surface area contributed by atoms with E-state index in [1.807, 2.05) is 6.07 Å². The van der Waals surface area contributed by atoms with Crippen molar-refractivity contribution >= 4 is 22.8 Å². The molecule has 0 aliphatic heterocycles.